The zero-order chi connectivity index (χ0) is 23.3. The summed E-state index contributed by atoms with van der Waals surface area (Å²) in [6.07, 6.45) is 0. The number of nitro benzene ring substituents is 1. The first kappa shape index (κ1) is 23.3. The molecule has 1 N–H and O–H groups in total. The van der Waals surface area contributed by atoms with Crippen molar-refractivity contribution < 1.29 is 31.7 Å². The first-order chi connectivity index (χ1) is 15.2. The zero-order valence-corrected chi connectivity index (χ0v) is 17.5. The van der Waals surface area contributed by atoms with E-state index in [0.29, 0.717) is 5.56 Å². The third kappa shape index (κ3) is 5.68. The Kier molecular flexibility index (Phi) is 7.20. The molecule has 2 amide bonds. The number of nitro groups is 1. The van der Waals surface area contributed by atoms with Crippen molar-refractivity contribution in [3.63, 3.8) is 0 Å². The second-order valence-electron chi connectivity index (χ2n) is 6.83. The Morgan fingerprint density at radius 3 is 2.47 bits per heavy atom. The third-order valence-electron chi connectivity index (χ3n) is 4.76. The highest BCUT2D eigenvalue weighted by Gasteiger charge is 2.31. The Morgan fingerprint density at radius 2 is 1.81 bits per heavy atom. The predicted molar refractivity (Wildman–Crippen MR) is 109 cm³/mol. The van der Waals surface area contributed by atoms with Gasteiger partial charge >= 0.3 is 12.6 Å². The lowest BCUT2D eigenvalue weighted by atomic mass is 10.2. The molecule has 0 bridgehead atoms. The van der Waals surface area contributed by atoms with Gasteiger partial charge in [0.1, 0.15) is 5.75 Å². The lowest BCUT2D eigenvalue weighted by Gasteiger charge is -2.34. The van der Waals surface area contributed by atoms with E-state index in [2.05, 4.69) is 10.1 Å². The first-order valence-electron chi connectivity index (χ1n) is 9.48. The molecule has 3 rings (SSSR count). The monoisotopic (exact) mass is 470 g/mol. The smallest absolute Gasteiger partial charge is 0.387 e. The van der Waals surface area contributed by atoms with E-state index in [4.69, 9.17) is 0 Å². The van der Waals surface area contributed by atoms with Gasteiger partial charge in [0.25, 0.3) is 5.69 Å². The van der Waals surface area contributed by atoms with E-state index >= 15 is 0 Å². The van der Waals surface area contributed by atoms with E-state index in [0.717, 1.165) is 6.07 Å². The van der Waals surface area contributed by atoms with Crippen molar-refractivity contribution in [2.75, 3.05) is 26.2 Å². The van der Waals surface area contributed by atoms with Crippen LogP contribution in [0, 0.1) is 10.1 Å². The van der Waals surface area contributed by atoms with Crippen LogP contribution in [0.15, 0.2) is 53.4 Å². The Bertz CT molecular complexity index is 1090. The number of non-ortho nitro benzene ring substituents is 1. The predicted octanol–water partition coefficient (Wildman–Crippen LogP) is 2.41. The first-order valence-corrected chi connectivity index (χ1v) is 10.9. The highest BCUT2D eigenvalue weighted by Crippen LogP contribution is 2.22. The minimum absolute atomic E-state index is 0.0216. The molecule has 13 heteroatoms. The largest absolute Gasteiger partial charge is 0.435 e. The molecular formula is C19H20F2N4O6S. The summed E-state index contributed by atoms with van der Waals surface area (Å²) in [4.78, 5) is 23.9. The quantitative estimate of drug-likeness (QED) is 0.490. The summed E-state index contributed by atoms with van der Waals surface area (Å²) in [5.41, 5.74) is 0.232. The number of urea groups is 1. The van der Waals surface area contributed by atoms with Gasteiger partial charge in [-0.15, -0.1) is 0 Å². The molecular weight excluding hydrogens is 450 g/mol. The lowest BCUT2D eigenvalue weighted by molar-refractivity contribution is -0.385. The second kappa shape index (κ2) is 9.87. The number of alkyl halides is 2. The van der Waals surface area contributed by atoms with Crippen molar-refractivity contribution in [3.8, 4) is 5.75 Å². The number of benzene rings is 2. The molecule has 0 radical (unpaired) electrons. The van der Waals surface area contributed by atoms with Crippen LogP contribution in [-0.2, 0) is 16.6 Å². The Morgan fingerprint density at radius 1 is 1.12 bits per heavy atom. The van der Waals surface area contributed by atoms with Crippen LogP contribution in [-0.4, -0.2) is 61.4 Å². The topological polar surface area (TPSA) is 122 Å². The molecule has 0 spiro atoms. The van der Waals surface area contributed by atoms with Gasteiger partial charge in [-0.3, -0.25) is 10.1 Å². The van der Waals surface area contributed by atoms with Crippen LogP contribution in [0.25, 0.3) is 0 Å². The van der Waals surface area contributed by atoms with Crippen molar-refractivity contribution in [3.05, 3.63) is 64.2 Å². The second-order valence-corrected chi connectivity index (χ2v) is 8.77. The van der Waals surface area contributed by atoms with Crippen LogP contribution < -0.4 is 10.1 Å². The van der Waals surface area contributed by atoms with E-state index in [-0.39, 0.29) is 49.1 Å². The van der Waals surface area contributed by atoms with Crippen LogP contribution >= 0.6 is 0 Å². The molecule has 0 saturated carbocycles. The lowest BCUT2D eigenvalue weighted by Crippen LogP contribution is -2.52. The fourth-order valence-corrected chi connectivity index (χ4v) is 4.62. The van der Waals surface area contributed by atoms with Crippen LogP contribution in [0.1, 0.15) is 5.56 Å². The molecule has 1 aliphatic rings. The zero-order valence-electron chi connectivity index (χ0n) is 16.7. The Labute approximate surface area is 182 Å². The van der Waals surface area contributed by atoms with Gasteiger partial charge in [0.15, 0.2) is 0 Å². The van der Waals surface area contributed by atoms with Crippen LogP contribution in [0.3, 0.4) is 0 Å². The highest BCUT2D eigenvalue weighted by atomic mass is 32.2. The maximum Gasteiger partial charge on any atom is 0.387 e. The van der Waals surface area contributed by atoms with Crippen molar-refractivity contribution in [2.45, 2.75) is 18.1 Å². The van der Waals surface area contributed by atoms with Crippen molar-refractivity contribution in [1.82, 2.24) is 14.5 Å². The van der Waals surface area contributed by atoms with Gasteiger partial charge in [0.2, 0.25) is 10.0 Å². The molecule has 1 aliphatic heterocycles. The summed E-state index contributed by atoms with van der Waals surface area (Å²) in [7, 11) is -3.94. The molecule has 2 aromatic carbocycles. The molecule has 0 aliphatic carbocycles. The number of halogens is 2. The molecule has 0 atom stereocenters. The molecule has 2 aromatic rings. The van der Waals surface area contributed by atoms with Gasteiger partial charge in [-0.2, -0.15) is 13.1 Å². The summed E-state index contributed by atoms with van der Waals surface area (Å²) in [6.45, 7) is -2.59. The van der Waals surface area contributed by atoms with Gasteiger partial charge in [-0.1, -0.05) is 18.2 Å². The van der Waals surface area contributed by atoms with E-state index < -0.39 is 27.6 Å². The SMILES string of the molecule is O=C(NCc1cccc(OC(F)F)c1)N1CCN(S(=O)(=O)c2cccc([N+](=O)[O-])c2)CC1. The maximum absolute atomic E-state index is 12.8. The fraction of sp³-hybridized carbons (Fsp3) is 0.316. The molecule has 0 unspecified atom stereocenters. The molecule has 0 aromatic heterocycles. The van der Waals surface area contributed by atoms with Crippen molar-refractivity contribution in [2.24, 2.45) is 0 Å². The number of hydrogen-bond acceptors (Lipinski definition) is 6. The molecule has 172 valence electrons. The van der Waals surface area contributed by atoms with Crippen LogP contribution in [0.5, 0.6) is 5.75 Å². The number of hydrogen-bond donors (Lipinski definition) is 1. The van der Waals surface area contributed by atoms with Crippen molar-refractivity contribution >= 4 is 21.7 Å². The Balaban J connectivity index is 1.55. The number of amides is 2. The number of sulfonamides is 1. The van der Waals surface area contributed by atoms with Gasteiger partial charge < -0.3 is 15.0 Å². The number of nitrogens with zero attached hydrogens (tertiary/aromatic N) is 3. The number of ether oxygens (including phenoxy) is 1. The van der Waals surface area contributed by atoms with E-state index in [1.54, 1.807) is 6.07 Å². The maximum atomic E-state index is 12.8. The van der Waals surface area contributed by atoms with E-state index in [1.165, 1.54) is 45.6 Å². The molecule has 1 saturated heterocycles. The highest BCUT2D eigenvalue weighted by molar-refractivity contribution is 7.89. The van der Waals surface area contributed by atoms with Gasteiger partial charge in [-0.25, -0.2) is 13.2 Å². The minimum atomic E-state index is -3.94. The van der Waals surface area contributed by atoms with E-state index in [9.17, 15) is 32.1 Å². The van der Waals surface area contributed by atoms with Crippen LogP contribution in [0.2, 0.25) is 0 Å². The van der Waals surface area contributed by atoms with Gasteiger partial charge in [0, 0.05) is 44.9 Å². The number of carbonyl (C=O) groups is 1. The molecule has 1 fully saturated rings. The van der Waals surface area contributed by atoms with Crippen LogP contribution in [0.4, 0.5) is 19.3 Å². The normalized spacial score (nSPS) is 14.9. The average Bonchev–Trinajstić information content (AvgIpc) is 2.77. The number of piperazine rings is 1. The van der Waals surface area contributed by atoms with Crippen molar-refractivity contribution in [1.29, 1.82) is 0 Å². The molecule has 10 nitrogen and oxygen atoms in total. The minimum Gasteiger partial charge on any atom is -0.435 e. The summed E-state index contributed by atoms with van der Waals surface area (Å²) in [6, 6.07) is 10.3. The average molecular weight is 470 g/mol. The van der Waals surface area contributed by atoms with Gasteiger partial charge in [-0.05, 0) is 23.8 Å². The summed E-state index contributed by atoms with van der Waals surface area (Å²) in [5, 5.41) is 13.6. The Hall–Kier alpha value is -3.32. The number of carbonyl (C=O) groups excluding carboxylic acids is 1. The third-order valence-corrected chi connectivity index (χ3v) is 6.65. The molecule has 32 heavy (non-hydrogen) atoms. The molecule has 1 heterocycles. The number of nitrogens with one attached hydrogen (secondary N) is 1. The number of rotatable bonds is 7. The van der Waals surface area contributed by atoms with E-state index in [1.807, 2.05) is 0 Å². The summed E-state index contributed by atoms with van der Waals surface area (Å²) >= 11 is 0. The summed E-state index contributed by atoms with van der Waals surface area (Å²) < 4.78 is 55.7. The van der Waals surface area contributed by atoms with Gasteiger partial charge in [0.05, 0.1) is 9.82 Å². The fourth-order valence-electron chi connectivity index (χ4n) is 3.16. The summed E-state index contributed by atoms with van der Waals surface area (Å²) in [5.74, 6) is -0.0216. The standard InChI is InChI=1S/C19H20F2N4O6S/c20-18(21)31-16-5-1-3-14(11-16)13-22-19(26)23-7-9-24(10-8-23)32(29,30)17-6-2-4-15(12-17)25(27)28/h1-6,11-12,18H,7-10,13H2,(H,22,26).